The quantitative estimate of drug-likeness (QED) is 0.781. The van der Waals surface area contributed by atoms with Gasteiger partial charge in [-0.2, -0.15) is 0 Å². The number of aryl methyl sites for hydroxylation is 2. The van der Waals surface area contributed by atoms with Crippen molar-refractivity contribution in [2.24, 2.45) is 0 Å². The summed E-state index contributed by atoms with van der Waals surface area (Å²) in [4.78, 5) is 17.5. The van der Waals surface area contributed by atoms with E-state index in [-0.39, 0.29) is 11.4 Å². The molecule has 2 aromatic rings. The fourth-order valence-electron chi connectivity index (χ4n) is 2.34. The number of imidazole rings is 1. The number of nitrogens with zero attached hydrogens (tertiary/aromatic N) is 1. The van der Waals surface area contributed by atoms with E-state index < -0.39 is 12.1 Å². The molecular formula is C15H18N2O3. The number of rotatable bonds is 5. The van der Waals surface area contributed by atoms with Crippen LogP contribution in [0.4, 0.5) is 0 Å². The summed E-state index contributed by atoms with van der Waals surface area (Å²) in [6, 6.07) is 5.74. The molecule has 0 saturated carbocycles. The molecule has 3 N–H and O–H groups in total. The Balaban J connectivity index is 2.40. The van der Waals surface area contributed by atoms with Crippen LogP contribution >= 0.6 is 0 Å². The molecule has 106 valence electrons. The molecule has 1 unspecified atom stereocenters. The number of aromatic amines is 1. The Bertz CT molecular complexity index is 619. The molecule has 1 atom stereocenters. The van der Waals surface area contributed by atoms with Crippen molar-refractivity contribution in [3.8, 4) is 0 Å². The van der Waals surface area contributed by atoms with Gasteiger partial charge in [-0.05, 0) is 29.5 Å². The maximum atomic E-state index is 11.0. The Hall–Kier alpha value is -2.14. The van der Waals surface area contributed by atoms with E-state index >= 15 is 0 Å². The average molecular weight is 274 g/mol. The lowest BCUT2D eigenvalue weighted by atomic mass is 9.96. The summed E-state index contributed by atoms with van der Waals surface area (Å²) in [5.41, 5.74) is 3.15. The Morgan fingerprint density at radius 2 is 2.00 bits per heavy atom. The Morgan fingerprint density at radius 1 is 1.30 bits per heavy atom. The highest BCUT2D eigenvalue weighted by molar-refractivity contribution is 5.86. The van der Waals surface area contributed by atoms with E-state index in [4.69, 9.17) is 5.11 Å². The van der Waals surface area contributed by atoms with Crippen LogP contribution in [-0.4, -0.2) is 26.2 Å². The maximum Gasteiger partial charge on any atom is 0.356 e. The van der Waals surface area contributed by atoms with Crippen LogP contribution in [0.3, 0.4) is 0 Å². The number of aromatic carboxylic acids is 1. The zero-order valence-electron chi connectivity index (χ0n) is 11.6. The second-order valence-electron chi connectivity index (χ2n) is 4.61. The van der Waals surface area contributed by atoms with Crippen LogP contribution < -0.4 is 0 Å². The third kappa shape index (κ3) is 2.58. The predicted molar refractivity (Wildman–Crippen MR) is 74.8 cm³/mol. The van der Waals surface area contributed by atoms with Crippen molar-refractivity contribution >= 4 is 5.97 Å². The number of nitrogens with one attached hydrogen (secondary N) is 1. The second-order valence-corrected chi connectivity index (χ2v) is 4.61. The number of carbonyl (C=O) groups is 1. The highest BCUT2D eigenvalue weighted by atomic mass is 16.4. The summed E-state index contributed by atoms with van der Waals surface area (Å²) in [6.07, 6.45) is 2.07. The summed E-state index contributed by atoms with van der Waals surface area (Å²) in [6.45, 7) is 4.14. The first-order chi connectivity index (χ1) is 9.58. The average Bonchev–Trinajstić information content (AvgIpc) is 2.95. The molecule has 0 spiro atoms. The minimum Gasteiger partial charge on any atom is -0.476 e. The molecule has 20 heavy (non-hydrogen) atoms. The Morgan fingerprint density at radius 3 is 2.60 bits per heavy atom. The molecule has 0 aliphatic carbocycles. The summed E-state index contributed by atoms with van der Waals surface area (Å²) in [7, 11) is 0. The molecule has 1 aromatic heterocycles. The molecule has 0 amide bonds. The van der Waals surface area contributed by atoms with Gasteiger partial charge < -0.3 is 15.2 Å². The van der Waals surface area contributed by atoms with Crippen LogP contribution in [0.1, 0.15) is 52.8 Å². The topological polar surface area (TPSA) is 86.2 Å². The first-order valence-corrected chi connectivity index (χ1v) is 6.64. The van der Waals surface area contributed by atoms with Gasteiger partial charge in [0.1, 0.15) is 6.10 Å². The lowest BCUT2D eigenvalue weighted by Crippen LogP contribution is -2.09. The van der Waals surface area contributed by atoms with Gasteiger partial charge in [-0.3, -0.25) is 0 Å². The van der Waals surface area contributed by atoms with Gasteiger partial charge in [-0.1, -0.05) is 32.0 Å². The third-order valence-electron chi connectivity index (χ3n) is 3.45. The van der Waals surface area contributed by atoms with E-state index in [0.29, 0.717) is 5.56 Å². The number of H-pyrrole nitrogens is 1. The minimum absolute atomic E-state index is 0.143. The van der Waals surface area contributed by atoms with Gasteiger partial charge >= 0.3 is 5.97 Å². The molecular weight excluding hydrogens is 256 g/mol. The van der Waals surface area contributed by atoms with Gasteiger partial charge in [0.05, 0.1) is 12.0 Å². The number of carboxylic acids is 1. The number of hydrogen-bond acceptors (Lipinski definition) is 3. The van der Waals surface area contributed by atoms with Crippen LogP contribution in [0, 0.1) is 0 Å². The first kappa shape index (κ1) is 14.3. The maximum absolute atomic E-state index is 11.0. The lowest BCUT2D eigenvalue weighted by molar-refractivity contribution is 0.0685. The summed E-state index contributed by atoms with van der Waals surface area (Å²) < 4.78 is 0. The number of aromatic nitrogens is 2. The van der Waals surface area contributed by atoms with Crippen molar-refractivity contribution in [2.45, 2.75) is 32.8 Å². The highest BCUT2D eigenvalue weighted by Crippen LogP contribution is 2.25. The Kier molecular flexibility index (Phi) is 4.20. The Labute approximate surface area is 117 Å². The normalized spacial score (nSPS) is 12.3. The predicted octanol–water partition coefficient (Wildman–Crippen LogP) is 2.31. The van der Waals surface area contributed by atoms with Crippen molar-refractivity contribution < 1.29 is 15.0 Å². The molecule has 0 aliphatic heterocycles. The molecule has 2 rings (SSSR count). The second kappa shape index (κ2) is 5.88. The van der Waals surface area contributed by atoms with Crippen molar-refractivity contribution in [2.75, 3.05) is 0 Å². The SMILES string of the molecule is CCc1ccc(C(O)c2[nH]cnc2C(=O)O)cc1CC. The minimum atomic E-state index is -1.15. The number of benzene rings is 1. The molecule has 0 saturated heterocycles. The number of aliphatic hydroxyl groups is 1. The van der Waals surface area contributed by atoms with E-state index in [2.05, 4.69) is 23.8 Å². The molecule has 0 aliphatic rings. The summed E-state index contributed by atoms with van der Waals surface area (Å²) >= 11 is 0. The van der Waals surface area contributed by atoms with Crippen molar-refractivity contribution in [3.63, 3.8) is 0 Å². The standard InChI is InChI=1S/C15H18N2O3/c1-3-9-5-6-11(7-10(9)4-2)14(18)12-13(15(19)20)17-8-16-12/h5-8,14,18H,3-4H2,1-2H3,(H,16,17)(H,19,20). The van der Waals surface area contributed by atoms with E-state index in [1.807, 2.05) is 18.2 Å². The van der Waals surface area contributed by atoms with Gasteiger partial charge in [0.25, 0.3) is 0 Å². The van der Waals surface area contributed by atoms with E-state index in [1.165, 1.54) is 17.5 Å². The molecule has 0 fully saturated rings. The van der Waals surface area contributed by atoms with Gasteiger partial charge in [-0.25, -0.2) is 9.78 Å². The summed E-state index contributed by atoms with van der Waals surface area (Å²) in [5, 5.41) is 19.4. The molecule has 5 nitrogen and oxygen atoms in total. The van der Waals surface area contributed by atoms with Gasteiger partial charge in [0.15, 0.2) is 5.69 Å². The molecule has 1 aromatic carbocycles. The number of hydrogen-bond donors (Lipinski definition) is 3. The molecule has 0 radical (unpaired) electrons. The van der Waals surface area contributed by atoms with Crippen molar-refractivity contribution in [3.05, 3.63) is 52.6 Å². The monoisotopic (exact) mass is 274 g/mol. The van der Waals surface area contributed by atoms with Gasteiger partial charge in [-0.15, -0.1) is 0 Å². The summed E-state index contributed by atoms with van der Waals surface area (Å²) in [5.74, 6) is -1.15. The largest absolute Gasteiger partial charge is 0.476 e. The zero-order valence-corrected chi connectivity index (χ0v) is 11.6. The fraction of sp³-hybridized carbons (Fsp3) is 0.333. The lowest BCUT2D eigenvalue weighted by Gasteiger charge is -2.14. The smallest absolute Gasteiger partial charge is 0.356 e. The van der Waals surface area contributed by atoms with Crippen molar-refractivity contribution in [1.29, 1.82) is 0 Å². The molecule has 5 heteroatoms. The highest BCUT2D eigenvalue weighted by Gasteiger charge is 2.21. The van der Waals surface area contributed by atoms with Crippen LogP contribution in [-0.2, 0) is 12.8 Å². The van der Waals surface area contributed by atoms with Crippen LogP contribution in [0.5, 0.6) is 0 Å². The van der Waals surface area contributed by atoms with Gasteiger partial charge in [0, 0.05) is 0 Å². The van der Waals surface area contributed by atoms with E-state index in [9.17, 15) is 9.90 Å². The van der Waals surface area contributed by atoms with Crippen LogP contribution in [0.25, 0.3) is 0 Å². The van der Waals surface area contributed by atoms with E-state index in [1.54, 1.807) is 0 Å². The van der Waals surface area contributed by atoms with Crippen LogP contribution in [0.2, 0.25) is 0 Å². The van der Waals surface area contributed by atoms with Crippen LogP contribution in [0.15, 0.2) is 24.5 Å². The third-order valence-corrected chi connectivity index (χ3v) is 3.45. The number of carboxylic acid groups (broad SMARTS) is 1. The number of aliphatic hydroxyl groups excluding tert-OH is 1. The fourth-order valence-corrected chi connectivity index (χ4v) is 2.34. The molecule has 0 bridgehead atoms. The van der Waals surface area contributed by atoms with E-state index in [0.717, 1.165) is 12.8 Å². The van der Waals surface area contributed by atoms with Gasteiger partial charge in [0.2, 0.25) is 0 Å². The van der Waals surface area contributed by atoms with Crippen molar-refractivity contribution in [1.82, 2.24) is 9.97 Å². The first-order valence-electron chi connectivity index (χ1n) is 6.64. The zero-order chi connectivity index (χ0) is 14.7. The molecule has 1 heterocycles.